The van der Waals surface area contributed by atoms with Gasteiger partial charge >= 0.3 is 0 Å². The maximum atomic E-state index is 5.54. The van der Waals surface area contributed by atoms with E-state index in [-0.39, 0.29) is 0 Å². The third-order valence-electron chi connectivity index (χ3n) is 2.24. The van der Waals surface area contributed by atoms with Gasteiger partial charge in [-0.15, -0.1) is 0 Å². The molecule has 78 valence electrons. The van der Waals surface area contributed by atoms with Crippen molar-refractivity contribution in [1.29, 1.82) is 0 Å². The number of nitrogens with two attached hydrogens (primary N) is 1. The van der Waals surface area contributed by atoms with Gasteiger partial charge in [-0.25, -0.2) is 4.68 Å². The molecule has 0 spiro atoms. The van der Waals surface area contributed by atoms with E-state index >= 15 is 0 Å². The zero-order valence-electron chi connectivity index (χ0n) is 8.88. The van der Waals surface area contributed by atoms with E-state index in [4.69, 9.17) is 5.73 Å². The first-order chi connectivity index (χ1) is 7.16. The van der Waals surface area contributed by atoms with E-state index in [1.165, 1.54) is 0 Å². The van der Waals surface area contributed by atoms with Crippen LogP contribution in [0, 0.1) is 0 Å². The molecule has 4 nitrogen and oxygen atoms in total. The van der Waals surface area contributed by atoms with Gasteiger partial charge in [0.2, 0.25) is 0 Å². The van der Waals surface area contributed by atoms with Crippen LogP contribution in [0.25, 0.3) is 5.69 Å². The Balaban J connectivity index is 2.31. The Morgan fingerprint density at radius 1 is 1.27 bits per heavy atom. The standard InChI is InChI=1S/C11H14N4/c1-8(2)10-4-3-9(7-13-10)15-6-5-11(12)14-15/h3-8H,1-2H3,(H2,12,14). The summed E-state index contributed by atoms with van der Waals surface area (Å²) in [4.78, 5) is 4.36. The Hall–Kier alpha value is -1.84. The summed E-state index contributed by atoms with van der Waals surface area (Å²) in [5.74, 6) is 0.963. The Morgan fingerprint density at radius 3 is 2.53 bits per heavy atom. The summed E-state index contributed by atoms with van der Waals surface area (Å²) in [6.45, 7) is 4.24. The van der Waals surface area contributed by atoms with Crippen molar-refractivity contribution >= 4 is 5.82 Å². The van der Waals surface area contributed by atoms with Crippen LogP contribution in [0.15, 0.2) is 30.6 Å². The second-order valence-electron chi connectivity index (χ2n) is 3.78. The maximum Gasteiger partial charge on any atom is 0.145 e. The molecule has 0 fully saturated rings. The number of hydrogen-bond acceptors (Lipinski definition) is 3. The van der Waals surface area contributed by atoms with Gasteiger partial charge in [0.15, 0.2) is 0 Å². The molecule has 2 N–H and O–H groups in total. The first kappa shape index (κ1) is 9.71. The molecule has 2 heterocycles. The van der Waals surface area contributed by atoms with Gasteiger partial charge in [-0.2, -0.15) is 5.10 Å². The second-order valence-corrected chi connectivity index (χ2v) is 3.78. The average Bonchev–Trinajstić information content (AvgIpc) is 2.65. The molecule has 0 unspecified atom stereocenters. The van der Waals surface area contributed by atoms with E-state index in [1.807, 2.05) is 24.5 Å². The summed E-state index contributed by atoms with van der Waals surface area (Å²) >= 11 is 0. The normalized spacial score (nSPS) is 10.9. The SMILES string of the molecule is CC(C)c1ccc(-n2ccc(N)n2)cn1. The number of pyridine rings is 1. The molecule has 0 aliphatic rings. The fourth-order valence-corrected chi connectivity index (χ4v) is 1.36. The maximum absolute atomic E-state index is 5.54. The number of rotatable bonds is 2. The number of aromatic nitrogens is 3. The molecule has 4 heteroatoms. The van der Waals surface area contributed by atoms with E-state index < -0.39 is 0 Å². The fourth-order valence-electron chi connectivity index (χ4n) is 1.36. The van der Waals surface area contributed by atoms with Crippen LogP contribution in [0.1, 0.15) is 25.5 Å². The molecule has 0 radical (unpaired) electrons. The number of nitrogen functional groups attached to an aromatic ring is 1. The number of nitrogens with zero attached hydrogens (tertiary/aromatic N) is 3. The smallest absolute Gasteiger partial charge is 0.145 e. The van der Waals surface area contributed by atoms with Gasteiger partial charge in [-0.3, -0.25) is 4.98 Å². The third-order valence-corrected chi connectivity index (χ3v) is 2.24. The van der Waals surface area contributed by atoms with Crippen LogP contribution in [0.4, 0.5) is 5.82 Å². The molecule has 0 bridgehead atoms. The highest BCUT2D eigenvalue weighted by Crippen LogP contribution is 2.13. The molecule has 0 aliphatic carbocycles. The summed E-state index contributed by atoms with van der Waals surface area (Å²) in [6.07, 6.45) is 3.63. The van der Waals surface area contributed by atoms with Gasteiger partial charge in [0.05, 0.1) is 11.9 Å². The van der Waals surface area contributed by atoms with E-state index in [9.17, 15) is 0 Å². The first-order valence-corrected chi connectivity index (χ1v) is 4.94. The van der Waals surface area contributed by atoms with Crippen LogP contribution >= 0.6 is 0 Å². The highest BCUT2D eigenvalue weighted by Gasteiger charge is 2.02. The summed E-state index contributed by atoms with van der Waals surface area (Å²) in [6, 6.07) is 5.77. The van der Waals surface area contributed by atoms with Gasteiger partial charge in [-0.05, 0) is 18.1 Å². The Kier molecular flexibility index (Phi) is 2.41. The van der Waals surface area contributed by atoms with Crippen molar-refractivity contribution in [1.82, 2.24) is 14.8 Å². The predicted octanol–water partition coefficient (Wildman–Crippen LogP) is 1.97. The van der Waals surface area contributed by atoms with Crippen LogP contribution in [0.3, 0.4) is 0 Å². The van der Waals surface area contributed by atoms with Crippen molar-refractivity contribution in [2.24, 2.45) is 0 Å². The van der Waals surface area contributed by atoms with Gasteiger partial charge in [-0.1, -0.05) is 13.8 Å². The monoisotopic (exact) mass is 202 g/mol. The number of anilines is 1. The molecule has 0 atom stereocenters. The summed E-state index contributed by atoms with van der Waals surface area (Å²) in [5.41, 5.74) is 7.55. The lowest BCUT2D eigenvalue weighted by molar-refractivity contribution is 0.811. The average molecular weight is 202 g/mol. The van der Waals surface area contributed by atoms with Crippen molar-refractivity contribution in [2.45, 2.75) is 19.8 Å². The molecule has 0 aromatic carbocycles. The first-order valence-electron chi connectivity index (χ1n) is 4.94. The third kappa shape index (κ3) is 1.98. The highest BCUT2D eigenvalue weighted by molar-refractivity contribution is 5.33. The Morgan fingerprint density at radius 2 is 2.07 bits per heavy atom. The topological polar surface area (TPSA) is 56.7 Å². The lowest BCUT2D eigenvalue weighted by Gasteiger charge is -2.05. The van der Waals surface area contributed by atoms with E-state index in [2.05, 4.69) is 23.9 Å². The lowest BCUT2D eigenvalue weighted by atomic mass is 10.1. The van der Waals surface area contributed by atoms with Crippen LogP contribution in [0.2, 0.25) is 0 Å². The number of hydrogen-bond donors (Lipinski definition) is 1. The predicted molar refractivity (Wildman–Crippen MR) is 59.9 cm³/mol. The summed E-state index contributed by atoms with van der Waals surface area (Å²) < 4.78 is 1.71. The molecular formula is C11H14N4. The highest BCUT2D eigenvalue weighted by atomic mass is 15.3. The lowest BCUT2D eigenvalue weighted by Crippen LogP contribution is -1.99. The van der Waals surface area contributed by atoms with Crippen molar-refractivity contribution < 1.29 is 0 Å². The molecular weight excluding hydrogens is 188 g/mol. The van der Waals surface area contributed by atoms with E-state index in [0.29, 0.717) is 11.7 Å². The van der Waals surface area contributed by atoms with Crippen molar-refractivity contribution in [3.8, 4) is 5.69 Å². The van der Waals surface area contributed by atoms with Crippen LogP contribution < -0.4 is 5.73 Å². The van der Waals surface area contributed by atoms with Crippen molar-refractivity contribution in [2.75, 3.05) is 5.73 Å². The minimum atomic E-state index is 0.446. The molecule has 0 amide bonds. The molecule has 2 aromatic rings. The van der Waals surface area contributed by atoms with Crippen molar-refractivity contribution in [3.05, 3.63) is 36.3 Å². The van der Waals surface area contributed by atoms with Crippen LogP contribution in [-0.2, 0) is 0 Å². The fraction of sp³-hybridized carbons (Fsp3) is 0.273. The quantitative estimate of drug-likeness (QED) is 0.810. The largest absolute Gasteiger partial charge is 0.382 e. The second kappa shape index (κ2) is 3.73. The Bertz CT molecular complexity index is 442. The molecule has 0 saturated carbocycles. The molecule has 0 saturated heterocycles. The van der Waals surface area contributed by atoms with Gasteiger partial charge in [0, 0.05) is 18.0 Å². The van der Waals surface area contributed by atoms with Crippen LogP contribution in [0.5, 0.6) is 0 Å². The van der Waals surface area contributed by atoms with Gasteiger partial charge < -0.3 is 5.73 Å². The van der Waals surface area contributed by atoms with Crippen molar-refractivity contribution in [3.63, 3.8) is 0 Å². The Labute approximate surface area is 88.8 Å². The molecule has 15 heavy (non-hydrogen) atoms. The molecule has 0 aliphatic heterocycles. The summed E-state index contributed by atoms with van der Waals surface area (Å²) in [5, 5.41) is 4.11. The van der Waals surface area contributed by atoms with E-state index in [0.717, 1.165) is 11.4 Å². The minimum Gasteiger partial charge on any atom is -0.382 e. The van der Waals surface area contributed by atoms with Gasteiger partial charge in [0.1, 0.15) is 5.82 Å². The van der Waals surface area contributed by atoms with E-state index in [1.54, 1.807) is 10.7 Å². The summed E-state index contributed by atoms with van der Waals surface area (Å²) in [7, 11) is 0. The zero-order valence-corrected chi connectivity index (χ0v) is 8.88. The van der Waals surface area contributed by atoms with Crippen LogP contribution in [-0.4, -0.2) is 14.8 Å². The molecule has 2 aromatic heterocycles. The zero-order chi connectivity index (χ0) is 10.8. The molecule has 2 rings (SSSR count). The van der Waals surface area contributed by atoms with Gasteiger partial charge in [0.25, 0.3) is 0 Å². The minimum absolute atomic E-state index is 0.446.